The van der Waals surface area contributed by atoms with Gasteiger partial charge in [-0.05, 0) is 36.8 Å². The number of hydrogen-bond donors (Lipinski definition) is 1. The van der Waals surface area contributed by atoms with Gasteiger partial charge in [0.25, 0.3) is 5.91 Å². The molecule has 2 rings (SSSR count). The highest BCUT2D eigenvalue weighted by Crippen LogP contribution is 2.20. The summed E-state index contributed by atoms with van der Waals surface area (Å²) in [5.41, 5.74) is 1.30. The minimum absolute atomic E-state index is 0.0621. The Morgan fingerprint density at radius 2 is 1.75 bits per heavy atom. The molecule has 0 aliphatic heterocycles. The Hall–Kier alpha value is -2.43. The van der Waals surface area contributed by atoms with Crippen LogP contribution in [-0.4, -0.2) is 13.0 Å². The van der Waals surface area contributed by atoms with E-state index in [-0.39, 0.29) is 5.69 Å². The van der Waals surface area contributed by atoms with E-state index in [1.165, 1.54) is 7.11 Å². The fourth-order valence-corrected chi connectivity index (χ4v) is 1.79. The van der Waals surface area contributed by atoms with Crippen molar-refractivity contribution < 1.29 is 18.3 Å². The molecule has 0 aliphatic carbocycles. The molecule has 2 aromatic carbocycles. The van der Waals surface area contributed by atoms with Gasteiger partial charge in [-0.1, -0.05) is 6.07 Å². The Bertz CT molecular complexity index is 636. The zero-order chi connectivity index (χ0) is 14.7. The van der Waals surface area contributed by atoms with Crippen molar-refractivity contribution in [2.45, 2.75) is 6.92 Å². The standard InChI is InChI=1S/C15H13F2NO2/c1-9-3-4-10(5-14(9)20-2)15(19)18-13-7-11(16)6-12(17)8-13/h3-8H,1-2H3,(H,18,19). The second-order valence-corrected chi connectivity index (χ2v) is 4.30. The minimum Gasteiger partial charge on any atom is -0.496 e. The van der Waals surface area contributed by atoms with Gasteiger partial charge in [-0.2, -0.15) is 0 Å². The average Bonchev–Trinajstić information content (AvgIpc) is 2.37. The molecule has 104 valence electrons. The number of carbonyl (C=O) groups excluding carboxylic acids is 1. The monoisotopic (exact) mass is 277 g/mol. The van der Waals surface area contributed by atoms with E-state index in [4.69, 9.17) is 4.74 Å². The van der Waals surface area contributed by atoms with E-state index in [2.05, 4.69) is 5.32 Å². The summed E-state index contributed by atoms with van der Waals surface area (Å²) in [5.74, 6) is -1.39. The third kappa shape index (κ3) is 3.12. The van der Waals surface area contributed by atoms with Crippen LogP contribution in [0.4, 0.5) is 14.5 Å². The first-order chi connectivity index (χ1) is 9.49. The summed E-state index contributed by atoms with van der Waals surface area (Å²) in [6.07, 6.45) is 0. The number of rotatable bonds is 3. The Labute approximate surface area is 115 Å². The number of hydrogen-bond acceptors (Lipinski definition) is 2. The summed E-state index contributed by atoms with van der Waals surface area (Å²) in [7, 11) is 1.51. The molecule has 5 heteroatoms. The Morgan fingerprint density at radius 3 is 2.35 bits per heavy atom. The fourth-order valence-electron chi connectivity index (χ4n) is 1.79. The summed E-state index contributed by atoms with van der Waals surface area (Å²) in [4.78, 5) is 12.0. The topological polar surface area (TPSA) is 38.3 Å². The molecule has 0 bridgehead atoms. The maximum absolute atomic E-state index is 13.0. The first kappa shape index (κ1) is 14.0. The number of carbonyl (C=O) groups is 1. The smallest absolute Gasteiger partial charge is 0.255 e. The number of aryl methyl sites for hydroxylation is 1. The van der Waals surface area contributed by atoms with Crippen LogP contribution in [-0.2, 0) is 0 Å². The molecular weight excluding hydrogens is 264 g/mol. The highest BCUT2D eigenvalue weighted by molar-refractivity contribution is 6.04. The van der Waals surface area contributed by atoms with Gasteiger partial charge >= 0.3 is 0 Å². The van der Waals surface area contributed by atoms with Gasteiger partial charge in [0.2, 0.25) is 0 Å². The number of nitrogens with one attached hydrogen (secondary N) is 1. The van der Waals surface area contributed by atoms with E-state index < -0.39 is 17.5 Å². The second-order valence-electron chi connectivity index (χ2n) is 4.30. The van der Waals surface area contributed by atoms with Gasteiger partial charge in [-0.3, -0.25) is 4.79 Å². The minimum atomic E-state index is -0.748. The predicted octanol–water partition coefficient (Wildman–Crippen LogP) is 3.53. The molecule has 2 aromatic rings. The quantitative estimate of drug-likeness (QED) is 0.932. The molecule has 0 unspecified atom stereocenters. The molecule has 0 saturated carbocycles. The van der Waals surface area contributed by atoms with Crippen LogP contribution in [0.3, 0.4) is 0 Å². The van der Waals surface area contributed by atoms with E-state index in [1.54, 1.807) is 18.2 Å². The summed E-state index contributed by atoms with van der Waals surface area (Å²) >= 11 is 0. The van der Waals surface area contributed by atoms with E-state index in [1.807, 2.05) is 6.92 Å². The first-order valence-electron chi connectivity index (χ1n) is 5.91. The molecule has 0 fully saturated rings. The van der Waals surface area contributed by atoms with Crippen LogP contribution >= 0.6 is 0 Å². The normalized spacial score (nSPS) is 10.2. The number of halogens is 2. The Kier molecular flexibility index (Phi) is 3.98. The van der Waals surface area contributed by atoms with Gasteiger partial charge < -0.3 is 10.1 Å². The van der Waals surface area contributed by atoms with Gasteiger partial charge in [-0.25, -0.2) is 8.78 Å². The van der Waals surface area contributed by atoms with E-state index in [9.17, 15) is 13.6 Å². The maximum Gasteiger partial charge on any atom is 0.255 e. The van der Waals surface area contributed by atoms with Crippen molar-refractivity contribution in [3.63, 3.8) is 0 Å². The number of ether oxygens (including phenoxy) is 1. The largest absolute Gasteiger partial charge is 0.496 e. The van der Waals surface area contributed by atoms with Gasteiger partial charge in [0.1, 0.15) is 17.4 Å². The SMILES string of the molecule is COc1cc(C(=O)Nc2cc(F)cc(F)c2)ccc1C. The van der Waals surface area contributed by atoms with Gasteiger partial charge in [-0.15, -0.1) is 0 Å². The van der Waals surface area contributed by atoms with Crippen LogP contribution in [0.5, 0.6) is 5.75 Å². The third-order valence-corrected chi connectivity index (χ3v) is 2.79. The fraction of sp³-hybridized carbons (Fsp3) is 0.133. The zero-order valence-electron chi connectivity index (χ0n) is 11.0. The lowest BCUT2D eigenvalue weighted by molar-refractivity contribution is 0.102. The van der Waals surface area contributed by atoms with Crippen molar-refractivity contribution in [3.05, 3.63) is 59.2 Å². The van der Waals surface area contributed by atoms with Gasteiger partial charge in [0.15, 0.2) is 0 Å². The molecule has 0 aromatic heterocycles. The number of amides is 1. The molecule has 0 spiro atoms. The molecular formula is C15H13F2NO2. The molecule has 1 N–H and O–H groups in total. The van der Waals surface area contributed by atoms with E-state index >= 15 is 0 Å². The molecule has 1 amide bonds. The lowest BCUT2D eigenvalue weighted by atomic mass is 10.1. The van der Waals surface area contributed by atoms with Crippen molar-refractivity contribution in [2.24, 2.45) is 0 Å². The molecule has 0 aliphatic rings. The van der Waals surface area contributed by atoms with Crippen molar-refractivity contribution in [1.29, 1.82) is 0 Å². The van der Waals surface area contributed by atoms with Crippen LogP contribution in [0.2, 0.25) is 0 Å². The third-order valence-electron chi connectivity index (χ3n) is 2.79. The van der Waals surface area contributed by atoms with Crippen LogP contribution in [0.25, 0.3) is 0 Å². The predicted molar refractivity (Wildman–Crippen MR) is 72.0 cm³/mol. The molecule has 0 atom stereocenters. The highest BCUT2D eigenvalue weighted by atomic mass is 19.1. The maximum atomic E-state index is 13.0. The van der Waals surface area contributed by atoms with Crippen molar-refractivity contribution in [3.8, 4) is 5.75 Å². The molecule has 3 nitrogen and oxygen atoms in total. The summed E-state index contributed by atoms with van der Waals surface area (Å²) in [5, 5.41) is 2.44. The lowest BCUT2D eigenvalue weighted by Crippen LogP contribution is -2.12. The van der Waals surface area contributed by atoms with Crippen LogP contribution in [0, 0.1) is 18.6 Å². The Morgan fingerprint density at radius 1 is 1.10 bits per heavy atom. The van der Waals surface area contributed by atoms with Crippen molar-refractivity contribution in [1.82, 2.24) is 0 Å². The average molecular weight is 277 g/mol. The highest BCUT2D eigenvalue weighted by Gasteiger charge is 2.10. The number of methoxy groups -OCH3 is 1. The molecule has 0 saturated heterocycles. The van der Waals surface area contributed by atoms with E-state index in [0.717, 1.165) is 23.8 Å². The van der Waals surface area contributed by atoms with Crippen LogP contribution < -0.4 is 10.1 Å². The molecule has 0 radical (unpaired) electrons. The number of anilines is 1. The van der Waals surface area contributed by atoms with Gasteiger partial charge in [0.05, 0.1) is 7.11 Å². The summed E-state index contributed by atoms with van der Waals surface area (Å²) in [6.45, 7) is 1.85. The second kappa shape index (κ2) is 5.69. The number of benzene rings is 2. The van der Waals surface area contributed by atoms with Crippen molar-refractivity contribution >= 4 is 11.6 Å². The van der Waals surface area contributed by atoms with E-state index in [0.29, 0.717) is 11.3 Å². The van der Waals surface area contributed by atoms with Crippen LogP contribution in [0.1, 0.15) is 15.9 Å². The lowest BCUT2D eigenvalue weighted by Gasteiger charge is -2.09. The van der Waals surface area contributed by atoms with Gasteiger partial charge in [0, 0.05) is 17.3 Å². The Balaban J connectivity index is 2.23. The van der Waals surface area contributed by atoms with Crippen molar-refractivity contribution in [2.75, 3.05) is 12.4 Å². The molecule has 0 heterocycles. The summed E-state index contributed by atoms with van der Waals surface area (Å²) < 4.78 is 31.2. The van der Waals surface area contributed by atoms with Crippen LogP contribution in [0.15, 0.2) is 36.4 Å². The zero-order valence-corrected chi connectivity index (χ0v) is 11.0. The first-order valence-corrected chi connectivity index (χ1v) is 5.91. The molecule has 20 heavy (non-hydrogen) atoms. The summed E-state index contributed by atoms with van der Waals surface area (Å²) in [6, 6.07) is 7.76.